The summed E-state index contributed by atoms with van der Waals surface area (Å²) in [5.74, 6) is -0.00967. The van der Waals surface area contributed by atoms with E-state index in [2.05, 4.69) is 16.9 Å². The quantitative estimate of drug-likeness (QED) is 0.738. The van der Waals surface area contributed by atoms with Crippen LogP contribution in [0.2, 0.25) is 0 Å². The molecule has 2 heterocycles. The van der Waals surface area contributed by atoms with Gasteiger partial charge in [0.1, 0.15) is 23.9 Å². The number of nitrogens with zero attached hydrogens (tertiary/aromatic N) is 1. The number of hydrogen-bond acceptors (Lipinski definition) is 5. The lowest BCUT2D eigenvalue weighted by molar-refractivity contribution is -0.122. The molecule has 2 atom stereocenters. The van der Waals surface area contributed by atoms with Gasteiger partial charge in [0.2, 0.25) is 11.8 Å². The van der Waals surface area contributed by atoms with Crippen molar-refractivity contribution in [2.24, 2.45) is 16.1 Å². The Labute approximate surface area is 168 Å². The number of ether oxygens (including phenoxy) is 2. The number of nitrogens with one attached hydrogen (secondary N) is 1. The summed E-state index contributed by atoms with van der Waals surface area (Å²) >= 11 is 0. The van der Waals surface area contributed by atoms with Gasteiger partial charge in [-0.1, -0.05) is 30.3 Å². The molecule has 4 rings (SSSR count). The molecule has 0 saturated carbocycles. The SMILES string of the molecule is C=CCC12CC(COc3ccccc3C(N)=O)OC1=Nc1ccccc1NC2=O. The summed E-state index contributed by atoms with van der Waals surface area (Å²) in [6.07, 6.45) is 2.06. The first-order valence-corrected chi connectivity index (χ1v) is 9.32. The van der Waals surface area contributed by atoms with E-state index in [9.17, 15) is 9.59 Å². The maximum atomic E-state index is 13.1. The molecule has 0 aliphatic carbocycles. The summed E-state index contributed by atoms with van der Waals surface area (Å²) in [4.78, 5) is 29.3. The Morgan fingerprint density at radius 3 is 2.86 bits per heavy atom. The number of anilines is 1. The Kier molecular flexibility index (Phi) is 4.80. The van der Waals surface area contributed by atoms with Gasteiger partial charge in [-0.3, -0.25) is 9.59 Å². The number of carbonyl (C=O) groups is 2. The zero-order valence-electron chi connectivity index (χ0n) is 15.8. The number of hydrogen-bond donors (Lipinski definition) is 2. The first-order valence-electron chi connectivity index (χ1n) is 9.32. The van der Waals surface area contributed by atoms with E-state index in [1.807, 2.05) is 18.2 Å². The van der Waals surface area contributed by atoms with Crippen molar-refractivity contribution in [3.05, 3.63) is 66.7 Å². The van der Waals surface area contributed by atoms with Gasteiger partial charge in [-0.05, 0) is 30.7 Å². The number of benzene rings is 2. The highest BCUT2D eigenvalue weighted by Crippen LogP contribution is 2.44. The molecule has 1 fully saturated rings. The van der Waals surface area contributed by atoms with Crippen molar-refractivity contribution in [2.75, 3.05) is 11.9 Å². The molecule has 2 aliphatic heterocycles. The normalized spacial score (nSPS) is 22.3. The summed E-state index contributed by atoms with van der Waals surface area (Å²) in [6, 6.07) is 14.1. The molecule has 0 spiro atoms. The monoisotopic (exact) mass is 391 g/mol. The highest BCUT2D eigenvalue weighted by atomic mass is 16.5. The lowest BCUT2D eigenvalue weighted by atomic mass is 9.80. The Bertz CT molecular complexity index is 1020. The van der Waals surface area contributed by atoms with Crippen molar-refractivity contribution in [3.63, 3.8) is 0 Å². The van der Waals surface area contributed by atoms with E-state index in [1.165, 1.54) is 0 Å². The van der Waals surface area contributed by atoms with E-state index >= 15 is 0 Å². The van der Waals surface area contributed by atoms with Crippen molar-refractivity contribution in [1.29, 1.82) is 0 Å². The predicted molar refractivity (Wildman–Crippen MR) is 109 cm³/mol. The molecule has 2 aromatic carbocycles. The van der Waals surface area contributed by atoms with Gasteiger partial charge < -0.3 is 20.5 Å². The highest BCUT2D eigenvalue weighted by Gasteiger charge is 2.53. The van der Waals surface area contributed by atoms with Crippen molar-refractivity contribution in [1.82, 2.24) is 0 Å². The highest BCUT2D eigenvalue weighted by molar-refractivity contribution is 6.15. The van der Waals surface area contributed by atoms with Crippen LogP contribution in [0.1, 0.15) is 23.2 Å². The smallest absolute Gasteiger partial charge is 0.252 e. The number of rotatable bonds is 6. The standard InChI is InChI=1S/C22H21N3O4/c1-2-11-22-12-14(13-28-18-10-6-3-7-15(18)19(23)26)29-21(22)25-17-9-5-4-8-16(17)24-20(22)27/h2-10,14H,1,11-13H2,(H2,23,26)(H,24,27). The number of primary amides is 1. The van der Waals surface area contributed by atoms with Crippen molar-refractivity contribution in [2.45, 2.75) is 18.9 Å². The van der Waals surface area contributed by atoms with Crippen molar-refractivity contribution >= 4 is 29.1 Å². The Morgan fingerprint density at radius 1 is 1.31 bits per heavy atom. The van der Waals surface area contributed by atoms with Crippen LogP contribution in [0.5, 0.6) is 5.75 Å². The van der Waals surface area contributed by atoms with Crippen LogP contribution in [0.25, 0.3) is 0 Å². The maximum Gasteiger partial charge on any atom is 0.252 e. The zero-order valence-corrected chi connectivity index (χ0v) is 15.8. The van der Waals surface area contributed by atoms with Crippen LogP contribution < -0.4 is 15.8 Å². The number of nitrogens with two attached hydrogens (primary N) is 1. The average molecular weight is 391 g/mol. The molecule has 1 saturated heterocycles. The fourth-order valence-corrected chi connectivity index (χ4v) is 3.72. The zero-order chi connectivity index (χ0) is 20.4. The Balaban J connectivity index is 1.61. The average Bonchev–Trinajstić information content (AvgIpc) is 3.01. The molecular weight excluding hydrogens is 370 g/mol. The largest absolute Gasteiger partial charge is 0.489 e. The molecule has 7 nitrogen and oxygen atoms in total. The van der Waals surface area contributed by atoms with E-state index in [0.29, 0.717) is 41.4 Å². The minimum Gasteiger partial charge on any atom is -0.489 e. The first kappa shape index (κ1) is 18.7. The Hall–Kier alpha value is -3.61. The molecule has 0 aromatic heterocycles. The topological polar surface area (TPSA) is 103 Å². The van der Waals surface area contributed by atoms with Gasteiger partial charge in [-0.15, -0.1) is 6.58 Å². The second kappa shape index (κ2) is 7.43. The molecule has 29 heavy (non-hydrogen) atoms. The maximum absolute atomic E-state index is 13.1. The van der Waals surface area contributed by atoms with Crippen LogP contribution in [0.15, 0.2) is 66.2 Å². The van der Waals surface area contributed by atoms with Crippen molar-refractivity contribution < 1.29 is 19.1 Å². The molecule has 0 bridgehead atoms. The number of aliphatic imine (C=N–C) groups is 1. The summed E-state index contributed by atoms with van der Waals surface area (Å²) in [5, 5.41) is 2.95. The van der Waals surface area contributed by atoms with Crippen LogP contribution in [-0.2, 0) is 9.53 Å². The van der Waals surface area contributed by atoms with Gasteiger partial charge in [0.25, 0.3) is 5.91 Å². The summed E-state index contributed by atoms with van der Waals surface area (Å²) in [7, 11) is 0. The van der Waals surface area contributed by atoms with Crippen LogP contribution >= 0.6 is 0 Å². The van der Waals surface area contributed by atoms with Gasteiger partial charge in [-0.2, -0.15) is 0 Å². The fraction of sp³-hybridized carbons (Fsp3) is 0.227. The minimum atomic E-state index is -0.946. The van der Waals surface area contributed by atoms with E-state index in [4.69, 9.17) is 15.2 Å². The second-order valence-electron chi connectivity index (χ2n) is 7.08. The predicted octanol–water partition coefficient (Wildman–Crippen LogP) is 3.20. The summed E-state index contributed by atoms with van der Waals surface area (Å²) < 4.78 is 11.9. The van der Waals surface area contributed by atoms with Crippen LogP contribution in [0, 0.1) is 5.41 Å². The number of para-hydroxylation sites is 3. The number of amides is 2. The van der Waals surface area contributed by atoms with E-state index < -0.39 is 17.4 Å². The van der Waals surface area contributed by atoms with Gasteiger partial charge in [0.05, 0.1) is 16.9 Å². The summed E-state index contributed by atoms with van der Waals surface area (Å²) in [5.41, 5.74) is 6.04. The molecule has 3 N–H and O–H groups in total. The fourth-order valence-electron chi connectivity index (χ4n) is 3.72. The third-order valence-corrected chi connectivity index (χ3v) is 5.14. The molecule has 148 valence electrons. The molecular formula is C22H21N3O4. The van der Waals surface area contributed by atoms with Gasteiger partial charge >= 0.3 is 0 Å². The van der Waals surface area contributed by atoms with Gasteiger partial charge in [0, 0.05) is 6.42 Å². The van der Waals surface area contributed by atoms with Crippen LogP contribution in [0.4, 0.5) is 11.4 Å². The van der Waals surface area contributed by atoms with Crippen LogP contribution in [-0.4, -0.2) is 30.4 Å². The van der Waals surface area contributed by atoms with Gasteiger partial charge in [0.15, 0.2) is 0 Å². The lowest BCUT2D eigenvalue weighted by Gasteiger charge is -2.22. The second-order valence-corrected chi connectivity index (χ2v) is 7.08. The van der Waals surface area contributed by atoms with Crippen LogP contribution in [0.3, 0.4) is 0 Å². The number of fused-ring (bicyclic) bond motifs is 2. The molecule has 2 aromatic rings. The minimum absolute atomic E-state index is 0.150. The molecule has 2 aliphatic rings. The molecule has 0 radical (unpaired) electrons. The third kappa shape index (κ3) is 3.35. The first-order chi connectivity index (χ1) is 14.0. The molecule has 7 heteroatoms. The number of carbonyl (C=O) groups excluding carboxylic acids is 2. The van der Waals surface area contributed by atoms with E-state index in [1.54, 1.807) is 36.4 Å². The summed E-state index contributed by atoms with van der Waals surface area (Å²) in [6.45, 7) is 3.95. The van der Waals surface area contributed by atoms with Gasteiger partial charge in [-0.25, -0.2) is 4.99 Å². The molecule has 2 amide bonds. The van der Waals surface area contributed by atoms with E-state index in [0.717, 1.165) is 0 Å². The van der Waals surface area contributed by atoms with Crippen molar-refractivity contribution in [3.8, 4) is 5.75 Å². The van der Waals surface area contributed by atoms with E-state index in [-0.39, 0.29) is 12.5 Å². The number of allylic oxidation sites excluding steroid dienone is 1. The third-order valence-electron chi connectivity index (χ3n) is 5.14. The molecule has 2 unspecified atom stereocenters. The lowest BCUT2D eigenvalue weighted by Crippen LogP contribution is -2.39. The Morgan fingerprint density at radius 2 is 2.07 bits per heavy atom.